The number of nitrogens with zero attached hydrogens (tertiary/aromatic N) is 2. The van der Waals surface area contributed by atoms with E-state index in [4.69, 9.17) is 5.26 Å². The smallest absolute Gasteiger partial charge is 0.243 e. The van der Waals surface area contributed by atoms with Crippen molar-refractivity contribution in [3.8, 4) is 6.07 Å². The highest BCUT2D eigenvalue weighted by atomic mass is 32.2. The standard InChI is InChI=1S/C12H14N2O3S/c1-12(15)6-7-14(9-12)18(16,17)11-4-2-10(8-13)3-5-11/h2-5,15H,6-7,9H2,1H3. The van der Waals surface area contributed by atoms with E-state index >= 15 is 0 Å². The minimum atomic E-state index is -3.57. The Morgan fingerprint density at radius 1 is 1.39 bits per heavy atom. The van der Waals surface area contributed by atoms with Crippen LogP contribution in [0.5, 0.6) is 0 Å². The van der Waals surface area contributed by atoms with Crippen molar-refractivity contribution in [1.82, 2.24) is 4.31 Å². The van der Waals surface area contributed by atoms with Crippen LogP contribution in [0.15, 0.2) is 29.2 Å². The third-order valence-electron chi connectivity index (χ3n) is 3.04. The van der Waals surface area contributed by atoms with Gasteiger partial charge in [0.25, 0.3) is 0 Å². The van der Waals surface area contributed by atoms with Gasteiger partial charge >= 0.3 is 0 Å². The SMILES string of the molecule is CC1(O)CCN(S(=O)(=O)c2ccc(C#N)cc2)C1. The first-order chi connectivity index (χ1) is 8.35. The van der Waals surface area contributed by atoms with Gasteiger partial charge in [0.05, 0.1) is 22.1 Å². The van der Waals surface area contributed by atoms with Crippen molar-refractivity contribution in [1.29, 1.82) is 5.26 Å². The molecule has 1 aromatic carbocycles. The van der Waals surface area contributed by atoms with Gasteiger partial charge in [0, 0.05) is 13.1 Å². The van der Waals surface area contributed by atoms with E-state index in [2.05, 4.69) is 0 Å². The lowest BCUT2D eigenvalue weighted by Gasteiger charge is -2.18. The van der Waals surface area contributed by atoms with Gasteiger partial charge in [-0.2, -0.15) is 9.57 Å². The molecule has 1 aliphatic heterocycles. The van der Waals surface area contributed by atoms with Crippen molar-refractivity contribution in [3.05, 3.63) is 29.8 Å². The number of benzene rings is 1. The van der Waals surface area contributed by atoms with Crippen LogP contribution < -0.4 is 0 Å². The van der Waals surface area contributed by atoms with E-state index in [1.165, 1.54) is 28.6 Å². The average Bonchev–Trinajstić information content (AvgIpc) is 2.70. The molecule has 1 aromatic rings. The molecule has 2 rings (SSSR count). The number of hydrogen-bond acceptors (Lipinski definition) is 4. The van der Waals surface area contributed by atoms with Crippen molar-refractivity contribution in [2.45, 2.75) is 23.8 Å². The lowest BCUT2D eigenvalue weighted by Crippen LogP contribution is -2.33. The van der Waals surface area contributed by atoms with Crippen molar-refractivity contribution in [3.63, 3.8) is 0 Å². The average molecular weight is 266 g/mol. The lowest BCUT2D eigenvalue weighted by molar-refractivity contribution is 0.0762. The molecule has 1 saturated heterocycles. The molecule has 0 radical (unpaired) electrons. The number of hydrogen-bond donors (Lipinski definition) is 1. The first-order valence-corrected chi connectivity index (χ1v) is 7.02. The van der Waals surface area contributed by atoms with Crippen molar-refractivity contribution >= 4 is 10.0 Å². The summed E-state index contributed by atoms with van der Waals surface area (Å²) in [5, 5.41) is 18.5. The second-order valence-electron chi connectivity index (χ2n) is 4.72. The second kappa shape index (κ2) is 4.35. The highest BCUT2D eigenvalue weighted by Gasteiger charge is 2.38. The summed E-state index contributed by atoms with van der Waals surface area (Å²) in [6.45, 7) is 2.05. The first-order valence-electron chi connectivity index (χ1n) is 5.58. The topological polar surface area (TPSA) is 81.4 Å². The summed E-state index contributed by atoms with van der Waals surface area (Å²) in [7, 11) is -3.57. The Balaban J connectivity index is 2.29. The summed E-state index contributed by atoms with van der Waals surface area (Å²) in [4.78, 5) is 0.152. The van der Waals surface area contributed by atoms with Crippen LogP contribution in [-0.2, 0) is 10.0 Å². The molecule has 5 nitrogen and oxygen atoms in total. The van der Waals surface area contributed by atoms with Crippen molar-refractivity contribution < 1.29 is 13.5 Å². The van der Waals surface area contributed by atoms with Gasteiger partial charge in [-0.15, -0.1) is 0 Å². The summed E-state index contributed by atoms with van der Waals surface area (Å²) in [6, 6.07) is 7.72. The lowest BCUT2D eigenvalue weighted by atomic mass is 10.1. The molecule has 1 heterocycles. The Bertz CT molecular complexity index is 585. The Hall–Kier alpha value is -1.42. The molecule has 0 aromatic heterocycles. The number of rotatable bonds is 2. The molecule has 6 heteroatoms. The minimum absolute atomic E-state index is 0.106. The van der Waals surface area contributed by atoms with E-state index in [0.717, 1.165) is 0 Å². The van der Waals surface area contributed by atoms with Crippen LogP contribution in [0.1, 0.15) is 18.9 Å². The Morgan fingerprint density at radius 3 is 2.44 bits per heavy atom. The van der Waals surface area contributed by atoms with Gasteiger partial charge in [-0.25, -0.2) is 8.42 Å². The van der Waals surface area contributed by atoms with E-state index in [-0.39, 0.29) is 11.4 Å². The maximum Gasteiger partial charge on any atom is 0.243 e. The molecule has 0 bridgehead atoms. The zero-order chi connectivity index (χ0) is 13.4. The summed E-state index contributed by atoms with van der Waals surface area (Å²) in [6.07, 6.45) is 0.433. The minimum Gasteiger partial charge on any atom is -0.389 e. The highest BCUT2D eigenvalue weighted by molar-refractivity contribution is 7.89. The molecule has 0 amide bonds. The van der Waals surface area contributed by atoms with E-state index < -0.39 is 15.6 Å². The quantitative estimate of drug-likeness (QED) is 0.854. The molecular weight excluding hydrogens is 252 g/mol. The molecule has 1 atom stereocenters. The van der Waals surface area contributed by atoms with Crippen LogP contribution in [0.3, 0.4) is 0 Å². The maximum atomic E-state index is 12.3. The van der Waals surface area contributed by atoms with Gasteiger partial charge in [-0.05, 0) is 37.6 Å². The zero-order valence-corrected chi connectivity index (χ0v) is 10.8. The van der Waals surface area contributed by atoms with Crippen LogP contribution in [0.25, 0.3) is 0 Å². The Labute approximate surface area is 106 Å². The molecule has 0 saturated carbocycles. The largest absolute Gasteiger partial charge is 0.389 e. The van der Waals surface area contributed by atoms with Crippen molar-refractivity contribution in [2.24, 2.45) is 0 Å². The third-order valence-corrected chi connectivity index (χ3v) is 4.90. The first kappa shape index (κ1) is 13.0. The van der Waals surface area contributed by atoms with Crippen LogP contribution in [0.4, 0.5) is 0 Å². The van der Waals surface area contributed by atoms with Gasteiger partial charge in [-0.3, -0.25) is 0 Å². The fourth-order valence-electron chi connectivity index (χ4n) is 1.96. The normalized spacial score (nSPS) is 24.9. The fraction of sp³-hybridized carbons (Fsp3) is 0.417. The Morgan fingerprint density at radius 2 is 2.00 bits per heavy atom. The predicted octanol–water partition coefficient (Wildman–Crippen LogP) is 0.704. The predicted molar refractivity (Wildman–Crippen MR) is 65.2 cm³/mol. The number of β-amino-alcohol motifs (C(OH)–C–C–N with tert-alkyl or cyclic N) is 1. The monoisotopic (exact) mass is 266 g/mol. The Kier molecular flexibility index (Phi) is 3.15. The second-order valence-corrected chi connectivity index (χ2v) is 6.66. The third kappa shape index (κ3) is 2.38. The molecule has 18 heavy (non-hydrogen) atoms. The van der Waals surface area contributed by atoms with Gasteiger partial charge in [-0.1, -0.05) is 0 Å². The van der Waals surface area contributed by atoms with Gasteiger partial charge in [0.1, 0.15) is 0 Å². The maximum absolute atomic E-state index is 12.3. The number of nitriles is 1. The molecule has 1 fully saturated rings. The van der Waals surface area contributed by atoms with Crippen LogP contribution >= 0.6 is 0 Å². The van der Waals surface area contributed by atoms with E-state index in [9.17, 15) is 13.5 Å². The van der Waals surface area contributed by atoms with Gasteiger partial charge < -0.3 is 5.11 Å². The molecule has 0 spiro atoms. The summed E-state index contributed by atoms with van der Waals surface area (Å²) in [5.74, 6) is 0. The van der Waals surface area contributed by atoms with Crippen LogP contribution in [0, 0.1) is 11.3 Å². The van der Waals surface area contributed by atoms with Crippen molar-refractivity contribution in [2.75, 3.05) is 13.1 Å². The summed E-state index contributed by atoms with van der Waals surface area (Å²) in [5.41, 5.74) is -0.540. The fourth-order valence-corrected chi connectivity index (χ4v) is 3.52. The summed E-state index contributed by atoms with van der Waals surface area (Å²) < 4.78 is 25.8. The molecule has 1 aliphatic rings. The highest BCUT2D eigenvalue weighted by Crippen LogP contribution is 2.26. The van der Waals surface area contributed by atoms with Gasteiger partial charge in [0.15, 0.2) is 0 Å². The van der Waals surface area contributed by atoms with Crippen LogP contribution in [0.2, 0.25) is 0 Å². The zero-order valence-electron chi connectivity index (χ0n) is 10.00. The van der Waals surface area contributed by atoms with Gasteiger partial charge in [0.2, 0.25) is 10.0 Å². The van der Waals surface area contributed by atoms with E-state index in [1.807, 2.05) is 6.07 Å². The molecule has 0 aliphatic carbocycles. The number of sulfonamides is 1. The van der Waals surface area contributed by atoms with Crippen LogP contribution in [-0.4, -0.2) is 36.5 Å². The molecule has 1 N–H and O–H groups in total. The van der Waals surface area contributed by atoms with E-state index in [1.54, 1.807) is 6.92 Å². The molecular formula is C12H14N2O3S. The summed E-state index contributed by atoms with van der Waals surface area (Å²) >= 11 is 0. The molecule has 1 unspecified atom stereocenters. The van der Waals surface area contributed by atoms with E-state index in [0.29, 0.717) is 18.5 Å². The molecule has 96 valence electrons. The number of aliphatic hydroxyl groups is 1.